The molecule has 0 amide bonds. The van der Waals surface area contributed by atoms with Crippen molar-refractivity contribution in [2.45, 2.75) is 40.0 Å². The molecule has 0 aromatic rings. The van der Waals surface area contributed by atoms with Crippen LogP contribution in [0.25, 0.3) is 0 Å². The fourth-order valence-corrected chi connectivity index (χ4v) is 4.54. The molecule has 1 N–H and O–H groups in total. The van der Waals surface area contributed by atoms with Crippen LogP contribution in [-0.4, -0.2) is 42.6 Å². The van der Waals surface area contributed by atoms with E-state index in [1.807, 2.05) is 20.8 Å². The summed E-state index contributed by atoms with van der Waals surface area (Å²) in [4.78, 5) is 10.7. The smallest absolute Gasteiger partial charge is 0.303 e. The SMILES string of the molecule is CC(C)CS(=O)(=O)N1CCCC(C(C)CC(=O)O)C1. The Morgan fingerprint density at radius 2 is 2.00 bits per heavy atom. The van der Waals surface area contributed by atoms with Gasteiger partial charge in [0.25, 0.3) is 0 Å². The molecule has 19 heavy (non-hydrogen) atoms. The van der Waals surface area contributed by atoms with Gasteiger partial charge in [-0.25, -0.2) is 12.7 Å². The van der Waals surface area contributed by atoms with Gasteiger partial charge in [-0.3, -0.25) is 4.79 Å². The van der Waals surface area contributed by atoms with Crippen LogP contribution in [-0.2, 0) is 14.8 Å². The lowest BCUT2D eigenvalue weighted by molar-refractivity contribution is -0.138. The Morgan fingerprint density at radius 3 is 2.53 bits per heavy atom. The molecule has 0 radical (unpaired) electrons. The van der Waals surface area contributed by atoms with E-state index in [-0.39, 0.29) is 29.9 Å². The second-order valence-electron chi connectivity index (χ2n) is 6.01. The molecule has 1 aliphatic heterocycles. The summed E-state index contributed by atoms with van der Waals surface area (Å²) in [6, 6.07) is 0. The van der Waals surface area contributed by atoms with Crippen molar-refractivity contribution in [3.05, 3.63) is 0 Å². The molecule has 0 aromatic heterocycles. The topological polar surface area (TPSA) is 74.7 Å². The van der Waals surface area contributed by atoms with E-state index in [4.69, 9.17) is 5.11 Å². The maximum atomic E-state index is 12.2. The first-order valence-corrected chi connectivity index (χ1v) is 8.53. The van der Waals surface area contributed by atoms with E-state index in [2.05, 4.69) is 0 Å². The molecule has 5 nitrogen and oxygen atoms in total. The summed E-state index contributed by atoms with van der Waals surface area (Å²) in [5.74, 6) is -0.342. The number of aliphatic carboxylic acids is 1. The van der Waals surface area contributed by atoms with Gasteiger partial charge >= 0.3 is 5.97 Å². The van der Waals surface area contributed by atoms with Crippen LogP contribution < -0.4 is 0 Å². The molecule has 2 unspecified atom stereocenters. The molecule has 1 saturated heterocycles. The average Bonchev–Trinajstić information content (AvgIpc) is 2.26. The maximum absolute atomic E-state index is 12.2. The first-order chi connectivity index (χ1) is 8.72. The summed E-state index contributed by atoms with van der Waals surface area (Å²) in [5.41, 5.74) is 0. The van der Waals surface area contributed by atoms with Crippen molar-refractivity contribution in [3.63, 3.8) is 0 Å². The quantitative estimate of drug-likeness (QED) is 0.809. The van der Waals surface area contributed by atoms with Gasteiger partial charge in [-0.1, -0.05) is 20.8 Å². The molecule has 2 atom stereocenters. The first kappa shape index (κ1) is 16.4. The number of nitrogens with zero attached hydrogens (tertiary/aromatic N) is 1. The molecule has 0 bridgehead atoms. The summed E-state index contributed by atoms with van der Waals surface area (Å²) < 4.78 is 25.9. The molecule has 0 aliphatic carbocycles. The normalized spacial score (nSPS) is 23.5. The Labute approximate surface area is 116 Å². The summed E-state index contributed by atoms with van der Waals surface area (Å²) in [5, 5.41) is 8.83. The second kappa shape index (κ2) is 6.70. The molecule has 6 heteroatoms. The number of piperidine rings is 1. The monoisotopic (exact) mass is 291 g/mol. The van der Waals surface area contributed by atoms with E-state index in [9.17, 15) is 13.2 Å². The zero-order chi connectivity index (χ0) is 14.6. The Hall–Kier alpha value is -0.620. The predicted octanol–water partition coefficient (Wildman–Crippen LogP) is 1.79. The Kier molecular flexibility index (Phi) is 5.80. The number of carboxylic acid groups (broad SMARTS) is 1. The van der Waals surface area contributed by atoms with Gasteiger partial charge in [-0.05, 0) is 30.6 Å². The largest absolute Gasteiger partial charge is 0.481 e. The number of rotatable bonds is 6. The average molecular weight is 291 g/mol. The Balaban J connectivity index is 2.66. The van der Waals surface area contributed by atoms with E-state index < -0.39 is 16.0 Å². The fraction of sp³-hybridized carbons (Fsp3) is 0.923. The second-order valence-corrected chi connectivity index (χ2v) is 8.02. The molecular formula is C13H25NO4S. The third-order valence-electron chi connectivity index (χ3n) is 3.66. The number of carbonyl (C=O) groups is 1. The Bertz CT molecular complexity index is 405. The van der Waals surface area contributed by atoms with Crippen molar-refractivity contribution in [1.82, 2.24) is 4.31 Å². The number of hydrogen-bond acceptors (Lipinski definition) is 3. The number of carboxylic acids is 1. The zero-order valence-corrected chi connectivity index (χ0v) is 12.8. The van der Waals surface area contributed by atoms with E-state index >= 15 is 0 Å². The molecule has 0 spiro atoms. The van der Waals surface area contributed by atoms with Crippen LogP contribution in [0, 0.1) is 17.8 Å². The third-order valence-corrected chi connectivity index (χ3v) is 5.87. The lowest BCUT2D eigenvalue weighted by Crippen LogP contribution is -2.43. The summed E-state index contributed by atoms with van der Waals surface area (Å²) >= 11 is 0. The molecule has 1 fully saturated rings. The van der Waals surface area contributed by atoms with E-state index in [1.165, 1.54) is 0 Å². The van der Waals surface area contributed by atoms with Gasteiger partial charge in [0.1, 0.15) is 0 Å². The standard InChI is InChI=1S/C13H25NO4S/c1-10(2)9-19(17,18)14-6-4-5-12(8-14)11(3)7-13(15)16/h10-12H,4-9H2,1-3H3,(H,15,16). The van der Waals surface area contributed by atoms with Gasteiger partial charge in [0.15, 0.2) is 0 Å². The van der Waals surface area contributed by atoms with E-state index in [1.54, 1.807) is 4.31 Å². The van der Waals surface area contributed by atoms with Crippen LogP contribution in [0.4, 0.5) is 0 Å². The van der Waals surface area contributed by atoms with Crippen molar-refractivity contribution >= 4 is 16.0 Å². The van der Waals surface area contributed by atoms with Gasteiger partial charge in [-0.2, -0.15) is 0 Å². The van der Waals surface area contributed by atoms with Crippen molar-refractivity contribution in [2.24, 2.45) is 17.8 Å². The highest BCUT2D eigenvalue weighted by atomic mass is 32.2. The van der Waals surface area contributed by atoms with Crippen molar-refractivity contribution in [2.75, 3.05) is 18.8 Å². The lowest BCUT2D eigenvalue weighted by atomic mass is 9.85. The van der Waals surface area contributed by atoms with Crippen LogP contribution >= 0.6 is 0 Å². The van der Waals surface area contributed by atoms with Crippen LogP contribution in [0.2, 0.25) is 0 Å². The third kappa shape index (κ3) is 5.10. The van der Waals surface area contributed by atoms with Crippen LogP contribution in [0.5, 0.6) is 0 Å². The van der Waals surface area contributed by atoms with Crippen molar-refractivity contribution < 1.29 is 18.3 Å². The zero-order valence-electron chi connectivity index (χ0n) is 12.0. The fourth-order valence-electron chi connectivity index (χ4n) is 2.66. The first-order valence-electron chi connectivity index (χ1n) is 6.92. The summed E-state index contributed by atoms with van der Waals surface area (Å²) in [6.07, 6.45) is 1.86. The van der Waals surface area contributed by atoms with Crippen LogP contribution in [0.15, 0.2) is 0 Å². The lowest BCUT2D eigenvalue weighted by Gasteiger charge is -2.35. The molecule has 0 aromatic carbocycles. The number of sulfonamides is 1. The highest BCUT2D eigenvalue weighted by molar-refractivity contribution is 7.89. The van der Waals surface area contributed by atoms with Gasteiger partial charge < -0.3 is 5.11 Å². The predicted molar refractivity (Wildman–Crippen MR) is 74.3 cm³/mol. The maximum Gasteiger partial charge on any atom is 0.303 e. The minimum atomic E-state index is -3.19. The van der Waals surface area contributed by atoms with Crippen molar-refractivity contribution in [1.29, 1.82) is 0 Å². The van der Waals surface area contributed by atoms with Gasteiger partial charge in [0.2, 0.25) is 10.0 Å². The minimum absolute atomic E-state index is 0.0227. The molecule has 1 heterocycles. The van der Waals surface area contributed by atoms with Crippen LogP contribution in [0.1, 0.15) is 40.0 Å². The highest BCUT2D eigenvalue weighted by Crippen LogP contribution is 2.28. The molecule has 1 rings (SSSR count). The molecule has 0 saturated carbocycles. The van der Waals surface area contributed by atoms with Gasteiger partial charge in [-0.15, -0.1) is 0 Å². The summed E-state index contributed by atoms with van der Waals surface area (Å²) in [6.45, 7) is 6.74. The molecular weight excluding hydrogens is 266 g/mol. The van der Waals surface area contributed by atoms with Crippen LogP contribution in [0.3, 0.4) is 0 Å². The minimum Gasteiger partial charge on any atom is -0.481 e. The molecule has 1 aliphatic rings. The molecule has 112 valence electrons. The van der Waals surface area contributed by atoms with Gasteiger partial charge in [0, 0.05) is 19.5 Å². The van der Waals surface area contributed by atoms with Gasteiger partial charge in [0.05, 0.1) is 5.75 Å². The Morgan fingerprint density at radius 1 is 1.37 bits per heavy atom. The van der Waals surface area contributed by atoms with Crippen molar-refractivity contribution in [3.8, 4) is 0 Å². The highest BCUT2D eigenvalue weighted by Gasteiger charge is 2.32. The summed E-state index contributed by atoms with van der Waals surface area (Å²) in [7, 11) is -3.19. The van der Waals surface area contributed by atoms with E-state index in [0.29, 0.717) is 13.1 Å². The number of hydrogen-bond donors (Lipinski definition) is 1. The van der Waals surface area contributed by atoms with E-state index in [0.717, 1.165) is 12.8 Å².